The summed E-state index contributed by atoms with van der Waals surface area (Å²) in [7, 11) is 0. The number of benzene rings is 1. The molecule has 1 aliphatic rings. The summed E-state index contributed by atoms with van der Waals surface area (Å²) in [6.45, 7) is 2.74. The van der Waals surface area contributed by atoms with Crippen molar-refractivity contribution in [3.05, 3.63) is 35.4 Å². The van der Waals surface area contributed by atoms with E-state index in [4.69, 9.17) is 5.73 Å². The molecule has 1 fully saturated rings. The van der Waals surface area contributed by atoms with Crippen LogP contribution < -0.4 is 11.1 Å². The molecule has 80 valence electrons. The number of rotatable bonds is 3. The van der Waals surface area contributed by atoms with E-state index in [9.17, 15) is 0 Å². The number of hydrogen-bond acceptors (Lipinski definition) is 1. The molecule has 1 aromatic carbocycles. The van der Waals surface area contributed by atoms with Crippen molar-refractivity contribution < 1.29 is 0 Å². The maximum Gasteiger partial charge on any atom is 0.189 e. The van der Waals surface area contributed by atoms with E-state index in [1.54, 1.807) is 0 Å². The number of nitrogens with two attached hydrogens (primary N) is 1. The summed E-state index contributed by atoms with van der Waals surface area (Å²) in [5, 5.41) is 3.16. The highest BCUT2D eigenvalue weighted by molar-refractivity contribution is 5.78. The first-order valence-corrected chi connectivity index (χ1v) is 5.36. The van der Waals surface area contributed by atoms with E-state index in [1.165, 1.54) is 24.0 Å². The van der Waals surface area contributed by atoms with Crippen LogP contribution in [0.1, 0.15) is 24.0 Å². The van der Waals surface area contributed by atoms with Gasteiger partial charge in [-0.25, -0.2) is 4.99 Å². The second-order valence-electron chi connectivity index (χ2n) is 4.11. The van der Waals surface area contributed by atoms with Crippen LogP contribution in [0.25, 0.3) is 0 Å². The Labute approximate surface area is 90.4 Å². The standard InChI is InChI=1S/C12H17N3/c1-9-2-4-10(5-3-9)8-14-12(13)15-11-6-7-11/h2-5,11H,6-8H2,1H3,(H3,13,14,15). The first kappa shape index (κ1) is 10.0. The third kappa shape index (κ3) is 3.27. The third-order valence-electron chi connectivity index (χ3n) is 2.48. The monoisotopic (exact) mass is 203 g/mol. The molecule has 3 heteroatoms. The number of nitrogens with one attached hydrogen (secondary N) is 1. The van der Waals surface area contributed by atoms with Crippen molar-refractivity contribution in [1.82, 2.24) is 5.32 Å². The van der Waals surface area contributed by atoms with Crippen LogP contribution in [-0.4, -0.2) is 12.0 Å². The van der Waals surface area contributed by atoms with Gasteiger partial charge in [-0.15, -0.1) is 0 Å². The molecule has 1 aromatic rings. The van der Waals surface area contributed by atoms with Gasteiger partial charge < -0.3 is 11.1 Å². The molecular formula is C12H17N3. The van der Waals surface area contributed by atoms with Crippen molar-refractivity contribution in [2.24, 2.45) is 10.7 Å². The molecule has 0 saturated heterocycles. The average Bonchev–Trinajstić information content (AvgIpc) is 3.01. The summed E-state index contributed by atoms with van der Waals surface area (Å²) in [6.07, 6.45) is 2.45. The van der Waals surface area contributed by atoms with Gasteiger partial charge >= 0.3 is 0 Å². The summed E-state index contributed by atoms with van der Waals surface area (Å²) < 4.78 is 0. The highest BCUT2D eigenvalue weighted by Crippen LogP contribution is 2.18. The number of nitrogens with zero attached hydrogens (tertiary/aromatic N) is 1. The Bertz CT molecular complexity index is 350. The Hall–Kier alpha value is -1.51. The molecule has 0 atom stereocenters. The van der Waals surface area contributed by atoms with Crippen molar-refractivity contribution >= 4 is 5.96 Å². The molecule has 0 amide bonds. The molecule has 1 saturated carbocycles. The topological polar surface area (TPSA) is 50.4 Å². The summed E-state index contributed by atoms with van der Waals surface area (Å²) in [5.41, 5.74) is 8.20. The lowest BCUT2D eigenvalue weighted by Gasteiger charge is -2.03. The van der Waals surface area contributed by atoms with E-state index in [2.05, 4.69) is 41.5 Å². The largest absolute Gasteiger partial charge is 0.370 e. The van der Waals surface area contributed by atoms with Crippen molar-refractivity contribution in [1.29, 1.82) is 0 Å². The molecule has 0 aromatic heterocycles. The van der Waals surface area contributed by atoms with Gasteiger partial charge in [-0.3, -0.25) is 0 Å². The number of aryl methyl sites for hydroxylation is 1. The quantitative estimate of drug-likeness (QED) is 0.578. The normalized spacial score (nSPS) is 16.5. The predicted molar refractivity (Wildman–Crippen MR) is 62.7 cm³/mol. The minimum atomic E-state index is 0.568. The van der Waals surface area contributed by atoms with Crippen LogP contribution >= 0.6 is 0 Å². The van der Waals surface area contributed by atoms with Crippen LogP contribution in [0.15, 0.2) is 29.3 Å². The summed E-state index contributed by atoms with van der Waals surface area (Å²) >= 11 is 0. The Kier molecular flexibility index (Phi) is 2.90. The molecular weight excluding hydrogens is 186 g/mol. The van der Waals surface area contributed by atoms with E-state index >= 15 is 0 Å². The van der Waals surface area contributed by atoms with Crippen LogP contribution in [-0.2, 0) is 6.54 Å². The fraction of sp³-hybridized carbons (Fsp3) is 0.417. The van der Waals surface area contributed by atoms with E-state index in [-0.39, 0.29) is 0 Å². The predicted octanol–water partition coefficient (Wildman–Crippen LogP) is 1.56. The molecule has 0 bridgehead atoms. The van der Waals surface area contributed by atoms with E-state index < -0.39 is 0 Å². The number of aliphatic imine (C=N–C) groups is 1. The second kappa shape index (κ2) is 4.34. The fourth-order valence-corrected chi connectivity index (χ4v) is 1.35. The van der Waals surface area contributed by atoms with Gasteiger partial charge in [-0.05, 0) is 25.3 Å². The smallest absolute Gasteiger partial charge is 0.189 e. The lowest BCUT2D eigenvalue weighted by Crippen LogP contribution is -2.33. The van der Waals surface area contributed by atoms with Crippen LogP contribution in [0, 0.1) is 6.92 Å². The van der Waals surface area contributed by atoms with E-state index in [0.29, 0.717) is 18.5 Å². The molecule has 0 aliphatic heterocycles. The van der Waals surface area contributed by atoms with Crippen LogP contribution in [0.2, 0.25) is 0 Å². The molecule has 0 unspecified atom stereocenters. The van der Waals surface area contributed by atoms with Crippen molar-refractivity contribution in [3.8, 4) is 0 Å². The lowest BCUT2D eigenvalue weighted by atomic mass is 10.1. The molecule has 0 radical (unpaired) electrons. The molecule has 3 nitrogen and oxygen atoms in total. The van der Waals surface area contributed by atoms with Crippen molar-refractivity contribution in [3.63, 3.8) is 0 Å². The molecule has 3 N–H and O–H groups in total. The maximum absolute atomic E-state index is 5.73. The van der Waals surface area contributed by atoms with Gasteiger partial charge in [0.1, 0.15) is 0 Å². The summed E-state index contributed by atoms with van der Waals surface area (Å²) in [6, 6.07) is 8.93. The zero-order valence-electron chi connectivity index (χ0n) is 9.03. The first-order chi connectivity index (χ1) is 7.24. The number of guanidine groups is 1. The Balaban J connectivity index is 1.87. The minimum Gasteiger partial charge on any atom is -0.370 e. The van der Waals surface area contributed by atoms with Gasteiger partial charge in [0.2, 0.25) is 0 Å². The van der Waals surface area contributed by atoms with Crippen LogP contribution in [0.5, 0.6) is 0 Å². The molecule has 0 heterocycles. The Morgan fingerprint density at radius 2 is 2.07 bits per heavy atom. The van der Waals surface area contributed by atoms with Crippen molar-refractivity contribution in [2.45, 2.75) is 32.4 Å². The van der Waals surface area contributed by atoms with Gasteiger partial charge in [0.05, 0.1) is 6.54 Å². The van der Waals surface area contributed by atoms with Crippen LogP contribution in [0.3, 0.4) is 0 Å². The Morgan fingerprint density at radius 1 is 1.40 bits per heavy atom. The average molecular weight is 203 g/mol. The highest BCUT2D eigenvalue weighted by Gasteiger charge is 2.21. The molecule has 2 rings (SSSR count). The fourth-order valence-electron chi connectivity index (χ4n) is 1.35. The molecule has 1 aliphatic carbocycles. The first-order valence-electron chi connectivity index (χ1n) is 5.36. The van der Waals surface area contributed by atoms with Crippen LogP contribution in [0.4, 0.5) is 0 Å². The second-order valence-corrected chi connectivity index (χ2v) is 4.11. The lowest BCUT2D eigenvalue weighted by molar-refractivity contribution is 0.879. The SMILES string of the molecule is Cc1ccc(CN=C(N)NC2CC2)cc1. The van der Waals surface area contributed by atoms with E-state index in [1.807, 2.05) is 0 Å². The van der Waals surface area contributed by atoms with E-state index in [0.717, 1.165) is 0 Å². The van der Waals surface area contributed by atoms with Gasteiger partial charge in [-0.2, -0.15) is 0 Å². The summed E-state index contributed by atoms with van der Waals surface area (Å²) in [5.74, 6) is 0.568. The number of hydrogen-bond donors (Lipinski definition) is 2. The van der Waals surface area contributed by atoms with Gasteiger partial charge in [0.25, 0.3) is 0 Å². The van der Waals surface area contributed by atoms with Gasteiger partial charge in [-0.1, -0.05) is 29.8 Å². The van der Waals surface area contributed by atoms with Crippen molar-refractivity contribution in [2.75, 3.05) is 0 Å². The van der Waals surface area contributed by atoms with Gasteiger partial charge in [0, 0.05) is 6.04 Å². The highest BCUT2D eigenvalue weighted by atomic mass is 15.1. The zero-order valence-corrected chi connectivity index (χ0v) is 9.03. The zero-order chi connectivity index (χ0) is 10.7. The summed E-state index contributed by atoms with van der Waals surface area (Å²) in [4.78, 5) is 4.29. The maximum atomic E-state index is 5.73. The van der Waals surface area contributed by atoms with Gasteiger partial charge in [0.15, 0.2) is 5.96 Å². The Morgan fingerprint density at radius 3 is 2.67 bits per heavy atom. The molecule has 0 spiro atoms. The molecule has 15 heavy (non-hydrogen) atoms. The minimum absolute atomic E-state index is 0.568. The third-order valence-corrected chi connectivity index (χ3v) is 2.48.